The third-order valence-corrected chi connectivity index (χ3v) is 6.51. The first-order chi connectivity index (χ1) is 15.2. The van der Waals surface area contributed by atoms with Gasteiger partial charge in [-0.3, -0.25) is 0 Å². The minimum absolute atomic E-state index is 0.327. The van der Waals surface area contributed by atoms with Crippen LogP contribution in [-0.2, 0) is 4.65 Å². The van der Waals surface area contributed by atoms with Gasteiger partial charge in [-0.2, -0.15) is 0 Å². The molecule has 0 bridgehead atoms. The van der Waals surface area contributed by atoms with Crippen LogP contribution >= 0.6 is 0 Å². The summed E-state index contributed by atoms with van der Waals surface area (Å²) >= 11 is 0. The van der Waals surface area contributed by atoms with E-state index in [0.717, 1.165) is 54.7 Å². The van der Waals surface area contributed by atoms with Crippen LogP contribution in [0.3, 0.4) is 0 Å². The van der Waals surface area contributed by atoms with E-state index in [-0.39, 0.29) is 0 Å². The number of rotatable bonds is 4. The van der Waals surface area contributed by atoms with E-state index in [0.29, 0.717) is 12.0 Å². The molecule has 2 saturated carbocycles. The molecule has 2 aromatic rings. The molecule has 0 unspecified atom stereocenters. The van der Waals surface area contributed by atoms with Crippen molar-refractivity contribution in [2.75, 3.05) is 0 Å². The summed E-state index contributed by atoms with van der Waals surface area (Å²) in [5.74, 6) is 4.18. The fourth-order valence-corrected chi connectivity index (χ4v) is 4.66. The molecule has 168 valence electrons. The predicted octanol–water partition coefficient (Wildman–Crippen LogP) is 7.17. The number of hydrogen-bond donors (Lipinski definition) is 0. The van der Waals surface area contributed by atoms with E-state index in [1.54, 1.807) is 0 Å². The van der Waals surface area contributed by atoms with Crippen molar-refractivity contribution >= 4 is 0 Å². The summed E-state index contributed by atoms with van der Waals surface area (Å²) in [5, 5.41) is 0. The van der Waals surface area contributed by atoms with E-state index in [2.05, 4.69) is 47.8 Å². The first-order valence-corrected chi connectivity index (χ1v) is 11.9. The molecule has 0 amide bonds. The molecule has 2 fully saturated rings. The molecule has 2 aliphatic carbocycles. The van der Waals surface area contributed by atoms with Crippen molar-refractivity contribution in [2.45, 2.75) is 97.0 Å². The van der Waals surface area contributed by atoms with Crippen LogP contribution in [0, 0.1) is 19.5 Å². The second-order valence-corrected chi connectivity index (χ2v) is 8.74. The molecule has 4 heteroatoms. The van der Waals surface area contributed by atoms with Crippen LogP contribution in [0.15, 0.2) is 36.7 Å². The number of ether oxygens (including phenoxy) is 1. The number of benzene rings is 1. The summed E-state index contributed by atoms with van der Waals surface area (Å²) in [4.78, 5) is 9.04. The predicted molar refractivity (Wildman–Crippen MR) is 124 cm³/mol. The molecule has 0 aliphatic heterocycles. The van der Waals surface area contributed by atoms with E-state index in [1.165, 1.54) is 31.2 Å². The number of aryl methyl sites for hydroxylation is 1. The van der Waals surface area contributed by atoms with Gasteiger partial charge >= 0.3 is 11.3 Å². The van der Waals surface area contributed by atoms with Crippen molar-refractivity contribution < 1.29 is 9.39 Å². The molecule has 4 nitrogen and oxygen atoms in total. The second-order valence-electron chi connectivity index (χ2n) is 8.74. The third kappa shape index (κ3) is 7.48. The van der Waals surface area contributed by atoms with Crippen LogP contribution in [0.4, 0.5) is 0 Å². The maximum absolute atomic E-state index is 7.50. The number of aromatic nitrogens is 2. The van der Waals surface area contributed by atoms with E-state index in [9.17, 15) is 0 Å². The molecule has 1 aromatic carbocycles. The summed E-state index contributed by atoms with van der Waals surface area (Å²) in [5.41, 5.74) is 2.62. The van der Waals surface area contributed by atoms with Gasteiger partial charge in [-0.1, -0.05) is 45.7 Å². The third-order valence-electron chi connectivity index (χ3n) is 6.51. The van der Waals surface area contributed by atoms with Crippen molar-refractivity contribution in [3.05, 3.63) is 60.3 Å². The van der Waals surface area contributed by atoms with E-state index < -0.39 is 0 Å². The molecular formula is C27H38N2O2. The summed E-state index contributed by atoms with van der Waals surface area (Å²) in [7, 11) is 0. The Morgan fingerprint density at radius 1 is 0.806 bits per heavy atom. The number of nitrogens with zero attached hydrogens (tertiary/aromatic N) is 2. The second kappa shape index (κ2) is 13.3. The van der Waals surface area contributed by atoms with Gasteiger partial charge in [0.1, 0.15) is 11.6 Å². The van der Waals surface area contributed by atoms with Crippen molar-refractivity contribution in [3.8, 4) is 5.75 Å². The molecular weight excluding hydrogens is 384 g/mol. The zero-order valence-corrected chi connectivity index (χ0v) is 19.6. The van der Waals surface area contributed by atoms with E-state index in [1.807, 2.05) is 33.2 Å². The molecule has 0 saturated heterocycles. The van der Waals surface area contributed by atoms with E-state index >= 15 is 0 Å². The zero-order valence-electron chi connectivity index (χ0n) is 19.6. The van der Waals surface area contributed by atoms with Crippen LogP contribution in [0.25, 0.3) is 0 Å². The van der Waals surface area contributed by atoms with E-state index in [4.69, 9.17) is 9.39 Å². The molecule has 31 heavy (non-hydrogen) atoms. The average Bonchev–Trinajstić information content (AvgIpc) is 2.84. The van der Waals surface area contributed by atoms with Gasteiger partial charge in [0, 0.05) is 18.3 Å². The molecule has 1 heterocycles. The average molecular weight is 423 g/mol. The minimum atomic E-state index is 0.327. The summed E-state index contributed by atoms with van der Waals surface area (Å²) < 4.78 is 13.8. The Labute approximate surface area is 188 Å². The van der Waals surface area contributed by atoms with Crippen molar-refractivity contribution in [1.29, 1.82) is 0 Å². The monoisotopic (exact) mass is 422 g/mol. The first-order valence-electron chi connectivity index (χ1n) is 11.9. The Balaban J connectivity index is 0.000000807. The fraction of sp³-hybridized carbons (Fsp3) is 0.593. The molecule has 0 radical (unpaired) electrons. The molecule has 4 rings (SSSR count). The van der Waals surface area contributed by atoms with Gasteiger partial charge in [0.25, 0.3) is 0 Å². The van der Waals surface area contributed by atoms with Gasteiger partial charge in [0.05, 0.1) is 6.10 Å². The Bertz CT molecular complexity index is 754. The standard InChI is InChI=1S/C24H32N2O.C2H6.CO/c1-17-3-5-19(6-4-17)20-7-11-22(12-8-20)27-23-13-9-21(10-14-23)24-25-15-18(2)16-26-24;2*1-2/h7-8,11-12,15-17,19,21,23H,3-6,9-10,13-14H2,1-2H3;1-2H3;. The van der Waals surface area contributed by atoms with Crippen LogP contribution in [0.5, 0.6) is 5.75 Å². The Morgan fingerprint density at radius 2 is 1.32 bits per heavy atom. The van der Waals surface area contributed by atoms with Gasteiger partial charge in [0.2, 0.25) is 0 Å². The first kappa shape index (κ1) is 25.1. The topological polar surface area (TPSA) is 54.9 Å². The molecule has 2 aliphatic rings. The van der Waals surface area contributed by atoms with Crippen LogP contribution in [0.2, 0.25) is 0 Å². The van der Waals surface area contributed by atoms with Gasteiger partial charge in [-0.05, 0) is 80.5 Å². The molecule has 0 N–H and O–H groups in total. The van der Waals surface area contributed by atoms with Gasteiger partial charge in [0.15, 0.2) is 0 Å². The molecule has 0 atom stereocenters. The normalized spacial score (nSPS) is 25.2. The summed E-state index contributed by atoms with van der Waals surface area (Å²) in [6, 6.07) is 8.95. The molecule has 0 spiro atoms. The maximum atomic E-state index is 7.50. The van der Waals surface area contributed by atoms with Gasteiger partial charge in [-0.15, -0.1) is 0 Å². The SMILES string of the molecule is CC.Cc1cnc(C2CCC(Oc3ccc(C4CCC(C)CC4)cc3)CC2)nc1.[C-]#[O+]. The molecule has 1 aromatic heterocycles. The van der Waals surface area contributed by atoms with Crippen molar-refractivity contribution in [1.82, 2.24) is 9.97 Å². The van der Waals surface area contributed by atoms with Crippen LogP contribution in [-0.4, -0.2) is 16.1 Å². The van der Waals surface area contributed by atoms with Crippen molar-refractivity contribution in [3.63, 3.8) is 0 Å². The van der Waals surface area contributed by atoms with Crippen LogP contribution < -0.4 is 4.74 Å². The fourth-order valence-electron chi connectivity index (χ4n) is 4.66. The van der Waals surface area contributed by atoms with Gasteiger partial charge in [-0.25, -0.2) is 9.97 Å². The Morgan fingerprint density at radius 3 is 1.87 bits per heavy atom. The summed E-state index contributed by atoms with van der Waals surface area (Å²) in [6.07, 6.45) is 14.0. The summed E-state index contributed by atoms with van der Waals surface area (Å²) in [6.45, 7) is 12.9. The zero-order chi connectivity index (χ0) is 22.6. The Kier molecular flexibility index (Phi) is 10.8. The number of hydrogen-bond acceptors (Lipinski definition) is 3. The Hall–Kier alpha value is -2.16. The van der Waals surface area contributed by atoms with Crippen molar-refractivity contribution in [2.24, 2.45) is 5.92 Å². The quantitative estimate of drug-likeness (QED) is 0.387. The van der Waals surface area contributed by atoms with Crippen LogP contribution in [0.1, 0.15) is 101 Å². The van der Waals surface area contributed by atoms with Gasteiger partial charge < -0.3 is 4.74 Å².